The number of unbranched alkanes of at least 4 members (excludes halogenated alkanes) is 8. The Balaban J connectivity index is 1.47. The molecule has 1 nitrogen and oxygen atoms in total. The Bertz CT molecular complexity index is 955. The van der Waals surface area contributed by atoms with Gasteiger partial charge in [0.2, 0.25) is 0 Å². The highest BCUT2D eigenvalue weighted by atomic mass is 79.9. The van der Waals surface area contributed by atoms with Crippen LogP contribution in [-0.2, 0) is 12.8 Å². The number of benzene rings is 2. The van der Waals surface area contributed by atoms with Gasteiger partial charge in [0.1, 0.15) is 5.76 Å². The molecule has 2 heteroatoms. The quantitative estimate of drug-likeness (QED) is 0.201. The van der Waals surface area contributed by atoms with Gasteiger partial charge in [0.15, 0.2) is 0 Å². The SMILES string of the molecule is CCCCCCCCCCCc1c(Br)cc2c(c1-c1ccco1)Cc1ccccc1-2. The zero-order chi connectivity index (χ0) is 20.8. The first kappa shape index (κ1) is 21.4. The van der Waals surface area contributed by atoms with Gasteiger partial charge in [-0.2, -0.15) is 0 Å². The molecule has 1 aromatic heterocycles. The molecule has 0 unspecified atom stereocenters. The van der Waals surface area contributed by atoms with Gasteiger partial charge in [0.25, 0.3) is 0 Å². The molecule has 0 spiro atoms. The average Bonchev–Trinajstić information content (AvgIpc) is 3.41. The summed E-state index contributed by atoms with van der Waals surface area (Å²) in [6.45, 7) is 2.28. The molecule has 0 aliphatic heterocycles. The van der Waals surface area contributed by atoms with Crippen molar-refractivity contribution >= 4 is 15.9 Å². The second-order valence-corrected chi connectivity index (χ2v) is 9.48. The molecule has 0 atom stereocenters. The van der Waals surface area contributed by atoms with Crippen LogP contribution < -0.4 is 0 Å². The lowest BCUT2D eigenvalue weighted by molar-refractivity contribution is 0.563. The van der Waals surface area contributed by atoms with Crippen LogP contribution in [0.4, 0.5) is 0 Å². The molecule has 0 bridgehead atoms. The molecular weight excluding hydrogens is 432 g/mol. The van der Waals surface area contributed by atoms with Crippen molar-refractivity contribution in [1.29, 1.82) is 0 Å². The van der Waals surface area contributed by atoms with Gasteiger partial charge in [0.05, 0.1) is 6.26 Å². The van der Waals surface area contributed by atoms with E-state index in [-0.39, 0.29) is 0 Å². The van der Waals surface area contributed by atoms with E-state index in [1.54, 1.807) is 6.26 Å². The standard InChI is InChI=1S/C28H33BrO/c1-2-3-4-5-6-7-8-9-10-16-23-26(29)20-24-22-15-12-11-14-21(22)19-25(24)28(23)27-17-13-18-30-27/h11-15,17-18,20H,2-10,16,19H2,1H3. The van der Waals surface area contributed by atoms with Gasteiger partial charge < -0.3 is 4.42 Å². The molecular formula is C28H33BrO. The zero-order valence-electron chi connectivity index (χ0n) is 18.2. The number of halogens is 1. The summed E-state index contributed by atoms with van der Waals surface area (Å²) in [4.78, 5) is 0. The lowest BCUT2D eigenvalue weighted by Gasteiger charge is -2.16. The molecule has 0 saturated heterocycles. The van der Waals surface area contributed by atoms with Gasteiger partial charge in [-0.1, -0.05) is 98.5 Å². The molecule has 1 heterocycles. The Morgan fingerprint density at radius 2 is 1.57 bits per heavy atom. The molecule has 0 saturated carbocycles. The Kier molecular flexibility index (Phi) is 7.49. The maximum absolute atomic E-state index is 5.91. The zero-order valence-corrected chi connectivity index (χ0v) is 19.8. The number of rotatable bonds is 11. The number of fused-ring (bicyclic) bond motifs is 3. The third kappa shape index (κ3) is 4.75. The van der Waals surface area contributed by atoms with Crippen molar-refractivity contribution in [2.75, 3.05) is 0 Å². The molecule has 1 aliphatic rings. The van der Waals surface area contributed by atoms with Crippen LogP contribution in [0, 0.1) is 0 Å². The minimum atomic E-state index is 1.000. The van der Waals surface area contributed by atoms with Crippen molar-refractivity contribution in [3.05, 3.63) is 69.9 Å². The predicted molar refractivity (Wildman–Crippen MR) is 131 cm³/mol. The van der Waals surface area contributed by atoms with Crippen molar-refractivity contribution in [2.24, 2.45) is 0 Å². The van der Waals surface area contributed by atoms with Crippen molar-refractivity contribution in [2.45, 2.75) is 77.6 Å². The largest absolute Gasteiger partial charge is 0.464 e. The maximum Gasteiger partial charge on any atom is 0.134 e. The van der Waals surface area contributed by atoms with Crippen molar-refractivity contribution in [1.82, 2.24) is 0 Å². The summed E-state index contributed by atoms with van der Waals surface area (Å²) in [5.41, 5.74) is 8.32. The van der Waals surface area contributed by atoms with E-state index < -0.39 is 0 Å². The van der Waals surface area contributed by atoms with Gasteiger partial charge in [-0.25, -0.2) is 0 Å². The predicted octanol–water partition coefficient (Wildman–Crippen LogP) is 9.35. The summed E-state index contributed by atoms with van der Waals surface area (Å²) >= 11 is 3.91. The van der Waals surface area contributed by atoms with Crippen molar-refractivity contribution in [3.63, 3.8) is 0 Å². The molecule has 1 aliphatic carbocycles. The number of furan rings is 1. The van der Waals surface area contributed by atoms with E-state index >= 15 is 0 Å². The molecule has 3 aromatic rings. The van der Waals surface area contributed by atoms with Gasteiger partial charge in [-0.05, 0) is 65.3 Å². The fourth-order valence-electron chi connectivity index (χ4n) is 4.86. The van der Waals surface area contributed by atoms with E-state index in [1.165, 1.54) is 95.6 Å². The summed E-state index contributed by atoms with van der Waals surface area (Å²) in [6.07, 6.45) is 16.2. The first-order valence-corrected chi connectivity index (χ1v) is 12.5. The fourth-order valence-corrected chi connectivity index (χ4v) is 5.49. The summed E-state index contributed by atoms with van der Waals surface area (Å²) in [6, 6.07) is 15.3. The smallest absolute Gasteiger partial charge is 0.134 e. The van der Waals surface area contributed by atoms with E-state index in [2.05, 4.69) is 59.3 Å². The molecule has 158 valence electrons. The van der Waals surface area contributed by atoms with Crippen LogP contribution in [0.5, 0.6) is 0 Å². The fraction of sp³-hybridized carbons (Fsp3) is 0.429. The van der Waals surface area contributed by atoms with Crippen LogP contribution in [-0.4, -0.2) is 0 Å². The molecule has 0 N–H and O–H groups in total. The average molecular weight is 465 g/mol. The molecule has 0 fully saturated rings. The number of hydrogen-bond donors (Lipinski definition) is 0. The lowest BCUT2D eigenvalue weighted by atomic mass is 9.91. The van der Waals surface area contributed by atoms with E-state index in [9.17, 15) is 0 Å². The molecule has 4 rings (SSSR count). The molecule has 30 heavy (non-hydrogen) atoms. The minimum absolute atomic E-state index is 1.000. The Labute approximate surface area is 190 Å². The summed E-state index contributed by atoms with van der Waals surface area (Å²) in [5.74, 6) is 1.01. The first-order valence-electron chi connectivity index (χ1n) is 11.8. The van der Waals surface area contributed by atoms with Gasteiger partial charge >= 0.3 is 0 Å². The van der Waals surface area contributed by atoms with Gasteiger partial charge in [-0.15, -0.1) is 0 Å². The van der Waals surface area contributed by atoms with Crippen LogP contribution in [0.2, 0.25) is 0 Å². The minimum Gasteiger partial charge on any atom is -0.464 e. The second kappa shape index (κ2) is 10.5. The summed E-state index contributed by atoms with van der Waals surface area (Å²) in [5, 5.41) is 0. The van der Waals surface area contributed by atoms with Crippen LogP contribution >= 0.6 is 15.9 Å². The van der Waals surface area contributed by atoms with E-state index in [1.807, 2.05) is 6.07 Å². The van der Waals surface area contributed by atoms with Gasteiger partial charge in [0, 0.05) is 10.0 Å². The highest BCUT2D eigenvalue weighted by Gasteiger charge is 2.26. The molecule has 0 radical (unpaired) electrons. The van der Waals surface area contributed by atoms with Crippen LogP contribution in [0.1, 0.15) is 81.4 Å². The monoisotopic (exact) mass is 464 g/mol. The van der Waals surface area contributed by atoms with Crippen molar-refractivity contribution < 1.29 is 4.42 Å². The van der Waals surface area contributed by atoms with E-state index in [4.69, 9.17) is 4.42 Å². The number of hydrogen-bond acceptors (Lipinski definition) is 1. The third-order valence-electron chi connectivity index (χ3n) is 6.46. The normalized spacial score (nSPS) is 12.2. The summed E-state index contributed by atoms with van der Waals surface area (Å²) in [7, 11) is 0. The van der Waals surface area contributed by atoms with E-state index in [0.717, 1.165) is 18.6 Å². The lowest BCUT2D eigenvalue weighted by Crippen LogP contribution is -1.98. The van der Waals surface area contributed by atoms with Crippen LogP contribution in [0.3, 0.4) is 0 Å². The second-order valence-electron chi connectivity index (χ2n) is 8.63. The highest BCUT2D eigenvalue weighted by molar-refractivity contribution is 9.10. The van der Waals surface area contributed by atoms with E-state index in [0.29, 0.717) is 0 Å². The van der Waals surface area contributed by atoms with Crippen LogP contribution in [0.25, 0.3) is 22.5 Å². The first-order chi connectivity index (χ1) is 14.8. The maximum atomic E-state index is 5.91. The van der Waals surface area contributed by atoms with Crippen molar-refractivity contribution in [3.8, 4) is 22.5 Å². The molecule has 2 aromatic carbocycles. The summed E-state index contributed by atoms with van der Waals surface area (Å²) < 4.78 is 7.14. The Morgan fingerprint density at radius 3 is 2.30 bits per heavy atom. The topological polar surface area (TPSA) is 13.1 Å². The molecule has 0 amide bonds. The Hall–Kier alpha value is -1.80. The highest BCUT2D eigenvalue weighted by Crippen LogP contribution is 2.46. The van der Waals surface area contributed by atoms with Crippen LogP contribution in [0.15, 0.2) is 57.6 Å². The van der Waals surface area contributed by atoms with Gasteiger partial charge in [-0.3, -0.25) is 0 Å². The third-order valence-corrected chi connectivity index (χ3v) is 7.17. The Morgan fingerprint density at radius 1 is 0.833 bits per heavy atom.